The van der Waals surface area contributed by atoms with Crippen LogP contribution in [0.15, 0.2) is 28.7 Å². The third-order valence-corrected chi connectivity index (χ3v) is 4.01. The van der Waals surface area contributed by atoms with E-state index in [2.05, 4.69) is 39.9 Å². The fourth-order valence-electron chi connectivity index (χ4n) is 2.20. The number of hydrogen-bond acceptors (Lipinski definition) is 2. The van der Waals surface area contributed by atoms with Gasteiger partial charge >= 0.3 is 0 Å². The third-order valence-electron chi connectivity index (χ3n) is 3.48. The highest BCUT2D eigenvalue weighted by Gasteiger charge is 2.30. The highest BCUT2D eigenvalue weighted by Crippen LogP contribution is 2.27. The molecule has 0 amide bonds. The molecule has 1 aromatic carbocycles. The first kappa shape index (κ1) is 11.6. The zero-order valence-corrected chi connectivity index (χ0v) is 11.2. The van der Waals surface area contributed by atoms with Gasteiger partial charge in [0, 0.05) is 35.1 Å². The molecule has 86 valence electrons. The van der Waals surface area contributed by atoms with Crippen molar-refractivity contribution < 1.29 is 4.79 Å². The predicted octanol–water partition coefficient (Wildman–Crippen LogP) is 3.25. The Morgan fingerprint density at radius 3 is 2.50 bits per heavy atom. The molecule has 1 aromatic rings. The topological polar surface area (TPSA) is 20.3 Å². The molecular weight excluding hydrogens is 266 g/mol. The number of piperidine rings is 1. The molecule has 0 bridgehead atoms. The molecule has 3 heteroatoms. The van der Waals surface area contributed by atoms with Crippen molar-refractivity contribution in [3.8, 4) is 0 Å². The first-order chi connectivity index (χ1) is 7.59. The van der Waals surface area contributed by atoms with Gasteiger partial charge in [0.15, 0.2) is 0 Å². The van der Waals surface area contributed by atoms with Crippen molar-refractivity contribution in [2.45, 2.75) is 26.3 Å². The van der Waals surface area contributed by atoms with E-state index in [-0.39, 0.29) is 5.92 Å². The standard InChI is InChI=1S/C13H16BrNO/c1-9-10(2)15(8-7-13(9)16)12-5-3-11(14)4-6-12/h3-6,9-10H,7-8H2,1-2H3. The summed E-state index contributed by atoms with van der Waals surface area (Å²) in [6.45, 7) is 4.99. The van der Waals surface area contributed by atoms with Crippen LogP contribution in [0.4, 0.5) is 5.69 Å². The van der Waals surface area contributed by atoms with Crippen LogP contribution in [0.2, 0.25) is 0 Å². The zero-order valence-electron chi connectivity index (χ0n) is 9.61. The summed E-state index contributed by atoms with van der Waals surface area (Å²) < 4.78 is 1.09. The molecule has 1 aliphatic rings. The average Bonchev–Trinajstić information content (AvgIpc) is 2.28. The Hall–Kier alpha value is -0.830. The molecule has 0 saturated carbocycles. The fraction of sp³-hybridized carbons (Fsp3) is 0.462. The monoisotopic (exact) mass is 281 g/mol. The van der Waals surface area contributed by atoms with Crippen molar-refractivity contribution in [1.82, 2.24) is 0 Å². The highest BCUT2D eigenvalue weighted by molar-refractivity contribution is 9.10. The van der Waals surface area contributed by atoms with E-state index in [0.717, 1.165) is 11.0 Å². The minimum atomic E-state index is 0.136. The number of hydrogen-bond donors (Lipinski definition) is 0. The van der Waals surface area contributed by atoms with Gasteiger partial charge in [0.2, 0.25) is 0 Å². The Balaban J connectivity index is 2.21. The van der Waals surface area contributed by atoms with E-state index in [1.165, 1.54) is 5.69 Å². The normalized spacial score (nSPS) is 25.9. The van der Waals surface area contributed by atoms with Crippen LogP contribution in [0.5, 0.6) is 0 Å². The van der Waals surface area contributed by atoms with Crippen molar-refractivity contribution in [3.63, 3.8) is 0 Å². The molecule has 1 heterocycles. The van der Waals surface area contributed by atoms with Gasteiger partial charge in [-0.15, -0.1) is 0 Å². The molecule has 16 heavy (non-hydrogen) atoms. The summed E-state index contributed by atoms with van der Waals surface area (Å²) >= 11 is 3.43. The zero-order chi connectivity index (χ0) is 11.7. The Kier molecular flexibility index (Phi) is 3.33. The van der Waals surface area contributed by atoms with Gasteiger partial charge in [0.05, 0.1) is 0 Å². The van der Waals surface area contributed by atoms with Crippen molar-refractivity contribution in [2.24, 2.45) is 5.92 Å². The van der Waals surface area contributed by atoms with Crippen LogP contribution in [0.1, 0.15) is 20.3 Å². The van der Waals surface area contributed by atoms with Crippen molar-refractivity contribution >= 4 is 27.4 Å². The van der Waals surface area contributed by atoms with Gasteiger partial charge < -0.3 is 4.90 Å². The summed E-state index contributed by atoms with van der Waals surface area (Å²) in [6, 6.07) is 8.58. The van der Waals surface area contributed by atoms with Gasteiger partial charge in [-0.25, -0.2) is 0 Å². The maximum absolute atomic E-state index is 11.6. The Morgan fingerprint density at radius 1 is 1.25 bits per heavy atom. The molecule has 0 radical (unpaired) electrons. The van der Waals surface area contributed by atoms with Crippen LogP contribution < -0.4 is 4.90 Å². The molecule has 2 atom stereocenters. The second-order valence-corrected chi connectivity index (χ2v) is 5.33. The smallest absolute Gasteiger partial charge is 0.139 e. The summed E-state index contributed by atoms with van der Waals surface area (Å²) in [4.78, 5) is 13.9. The molecule has 2 nitrogen and oxygen atoms in total. The summed E-state index contributed by atoms with van der Waals surface area (Å²) in [6.07, 6.45) is 0.668. The molecule has 0 aromatic heterocycles. The molecule has 2 unspecified atom stereocenters. The van der Waals surface area contributed by atoms with Crippen molar-refractivity contribution in [2.75, 3.05) is 11.4 Å². The molecule has 0 spiro atoms. The molecule has 1 fully saturated rings. The van der Waals surface area contributed by atoms with E-state index >= 15 is 0 Å². The first-order valence-corrected chi connectivity index (χ1v) is 6.44. The van der Waals surface area contributed by atoms with Gasteiger partial charge in [-0.1, -0.05) is 22.9 Å². The molecule has 0 aliphatic carbocycles. The largest absolute Gasteiger partial charge is 0.368 e. The van der Waals surface area contributed by atoms with E-state index in [1.54, 1.807) is 0 Å². The Morgan fingerprint density at radius 2 is 1.88 bits per heavy atom. The van der Waals surface area contributed by atoms with E-state index in [9.17, 15) is 4.79 Å². The minimum Gasteiger partial charge on any atom is -0.368 e. The number of benzene rings is 1. The second kappa shape index (κ2) is 4.58. The lowest BCUT2D eigenvalue weighted by Gasteiger charge is -2.38. The summed E-state index contributed by atoms with van der Waals surface area (Å²) in [5, 5.41) is 0. The fourth-order valence-corrected chi connectivity index (χ4v) is 2.46. The van der Waals surface area contributed by atoms with Crippen LogP contribution in [-0.2, 0) is 4.79 Å². The lowest BCUT2D eigenvalue weighted by atomic mass is 9.90. The van der Waals surface area contributed by atoms with Crippen LogP contribution in [0.25, 0.3) is 0 Å². The second-order valence-electron chi connectivity index (χ2n) is 4.42. The SMILES string of the molecule is CC1C(=O)CCN(c2ccc(Br)cc2)C1C. The first-order valence-electron chi connectivity index (χ1n) is 5.64. The lowest BCUT2D eigenvalue weighted by Crippen LogP contribution is -2.46. The summed E-state index contributed by atoms with van der Waals surface area (Å²) in [7, 11) is 0. The number of nitrogens with zero attached hydrogens (tertiary/aromatic N) is 1. The number of anilines is 1. The molecule has 1 aliphatic heterocycles. The number of rotatable bonds is 1. The van der Waals surface area contributed by atoms with Gasteiger partial charge in [-0.2, -0.15) is 0 Å². The van der Waals surface area contributed by atoms with Gasteiger partial charge in [-0.05, 0) is 31.2 Å². The number of carbonyl (C=O) groups excluding carboxylic acids is 1. The number of halogens is 1. The minimum absolute atomic E-state index is 0.136. The molecule has 0 N–H and O–H groups in total. The highest BCUT2D eigenvalue weighted by atomic mass is 79.9. The lowest BCUT2D eigenvalue weighted by molar-refractivity contribution is -0.123. The number of Topliss-reactive ketones (excluding diaryl/α,β-unsaturated/α-hetero) is 1. The van der Waals surface area contributed by atoms with E-state index in [0.29, 0.717) is 18.2 Å². The molecule has 1 saturated heterocycles. The third kappa shape index (κ3) is 2.14. The Bertz CT molecular complexity index is 387. The average molecular weight is 282 g/mol. The van der Waals surface area contributed by atoms with Gasteiger partial charge in [0.1, 0.15) is 5.78 Å². The van der Waals surface area contributed by atoms with E-state index in [1.807, 2.05) is 19.1 Å². The number of ketones is 1. The quantitative estimate of drug-likeness (QED) is 0.788. The molecule has 2 rings (SSSR count). The predicted molar refractivity (Wildman–Crippen MR) is 69.7 cm³/mol. The van der Waals surface area contributed by atoms with Crippen LogP contribution >= 0.6 is 15.9 Å². The maximum atomic E-state index is 11.6. The van der Waals surface area contributed by atoms with E-state index in [4.69, 9.17) is 0 Å². The molecular formula is C13H16BrNO. The van der Waals surface area contributed by atoms with Crippen LogP contribution in [0.3, 0.4) is 0 Å². The summed E-state index contributed by atoms with van der Waals surface area (Å²) in [5.74, 6) is 0.526. The van der Waals surface area contributed by atoms with Crippen LogP contribution in [0, 0.1) is 5.92 Å². The maximum Gasteiger partial charge on any atom is 0.139 e. The Labute approximate surface area is 105 Å². The van der Waals surface area contributed by atoms with Gasteiger partial charge in [0.25, 0.3) is 0 Å². The van der Waals surface area contributed by atoms with Crippen molar-refractivity contribution in [1.29, 1.82) is 0 Å². The van der Waals surface area contributed by atoms with E-state index < -0.39 is 0 Å². The van der Waals surface area contributed by atoms with Gasteiger partial charge in [-0.3, -0.25) is 4.79 Å². The number of carbonyl (C=O) groups is 1. The van der Waals surface area contributed by atoms with Crippen LogP contribution in [-0.4, -0.2) is 18.4 Å². The summed E-state index contributed by atoms with van der Waals surface area (Å²) in [5.41, 5.74) is 1.20. The van der Waals surface area contributed by atoms with Crippen molar-refractivity contribution in [3.05, 3.63) is 28.7 Å².